The molecule has 5 nitrogen and oxygen atoms in total. The van der Waals surface area contributed by atoms with Gasteiger partial charge in [0.25, 0.3) is 0 Å². The second-order valence-electron chi connectivity index (χ2n) is 3.46. The van der Waals surface area contributed by atoms with Crippen LogP contribution in [0.5, 0.6) is 0 Å². The Kier molecular flexibility index (Phi) is 3.14. The van der Waals surface area contributed by atoms with Crippen molar-refractivity contribution >= 4 is 5.95 Å². The van der Waals surface area contributed by atoms with E-state index in [0.29, 0.717) is 5.95 Å². The Hall–Kier alpha value is -1.91. The van der Waals surface area contributed by atoms with Gasteiger partial charge in [0.05, 0.1) is 0 Å². The van der Waals surface area contributed by atoms with Crippen molar-refractivity contribution in [2.24, 2.45) is 0 Å². The first-order valence-corrected chi connectivity index (χ1v) is 5.37. The third-order valence-corrected chi connectivity index (χ3v) is 2.29. The minimum absolute atomic E-state index is 0.614. The lowest BCUT2D eigenvalue weighted by Gasteiger charge is -2.06. The Bertz CT molecular complexity index is 463. The molecule has 5 heteroatoms. The first-order chi connectivity index (χ1) is 7.85. The van der Waals surface area contributed by atoms with Gasteiger partial charge >= 0.3 is 0 Å². The van der Waals surface area contributed by atoms with Crippen LogP contribution in [0.25, 0.3) is 11.5 Å². The van der Waals surface area contributed by atoms with E-state index in [1.54, 1.807) is 19.4 Å². The Morgan fingerprint density at radius 2 is 2.19 bits per heavy atom. The molecule has 0 bridgehead atoms. The fraction of sp³-hybridized carbons (Fsp3) is 0.364. The average molecular weight is 217 g/mol. The topological polar surface area (TPSA) is 55.6 Å². The monoisotopic (exact) mass is 217 g/mol. The summed E-state index contributed by atoms with van der Waals surface area (Å²) in [6, 6.07) is 1.87. The first-order valence-electron chi connectivity index (χ1n) is 5.37. The van der Waals surface area contributed by atoms with Gasteiger partial charge in [-0.05, 0) is 12.5 Å². The third kappa shape index (κ3) is 2.03. The highest BCUT2D eigenvalue weighted by Gasteiger charge is 2.07. The summed E-state index contributed by atoms with van der Waals surface area (Å²) in [6.45, 7) is 3.09. The Morgan fingerprint density at radius 1 is 1.31 bits per heavy atom. The van der Waals surface area contributed by atoms with Crippen molar-refractivity contribution in [3.63, 3.8) is 0 Å². The molecule has 0 saturated carbocycles. The van der Waals surface area contributed by atoms with Crippen molar-refractivity contribution in [3.05, 3.63) is 24.7 Å². The van der Waals surface area contributed by atoms with Crippen molar-refractivity contribution in [3.8, 4) is 11.5 Å². The summed E-state index contributed by atoms with van der Waals surface area (Å²) in [6.07, 6.45) is 6.58. The fourth-order valence-corrected chi connectivity index (χ4v) is 1.57. The van der Waals surface area contributed by atoms with Gasteiger partial charge in [0, 0.05) is 32.2 Å². The summed E-state index contributed by atoms with van der Waals surface area (Å²) in [7, 11) is 1.80. The second-order valence-corrected chi connectivity index (χ2v) is 3.46. The van der Waals surface area contributed by atoms with E-state index < -0.39 is 0 Å². The van der Waals surface area contributed by atoms with Crippen LogP contribution in [-0.2, 0) is 6.54 Å². The van der Waals surface area contributed by atoms with Gasteiger partial charge in [0.2, 0.25) is 5.95 Å². The molecule has 0 saturated heterocycles. The maximum absolute atomic E-state index is 4.37. The smallest absolute Gasteiger partial charge is 0.223 e. The molecule has 16 heavy (non-hydrogen) atoms. The zero-order valence-corrected chi connectivity index (χ0v) is 9.51. The van der Waals surface area contributed by atoms with Crippen molar-refractivity contribution in [1.29, 1.82) is 0 Å². The zero-order valence-electron chi connectivity index (χ0n) is 9.51. The zero-order chi connectivity index (χ0) is 11.4. The molecular weight excluding hydrogens is 202 g/mol. The molecule has 0 aromatic carbocycles. The van der Waals surface area contributed by atoms with Gasteiger partial charge < -0.3 is 9.88 Å². The highest BCUT2D eigenvalue weighted by Crippen LogP contribution is 2.15. The molecule has 0 aliphatic rings. The van der Waals surface area contributed by atoms with Crippen LogP contribution in [0.3, 0.4) is 0 Å². The summed E-state index contributed by atoms with van der Waals surface area (Å²) in [5.74, 6) is 1.50. The standard InChI is InChI=1S/C11H15N5/c1-3-7-16-8-6-13-10(16)9-4-5-14-11(12-2)15-9/h4-6,8H,3,7H2,1-2H3,(H,12,14,15). The number of hydrogen-bond donors (Lipinski definition) is 1. The van der Waals surface area contributed by atoms with Crippen molar-refractivity contribution in [2.45, 2.75) is 19.9 Å². The minimum Gasteiger partial charge on any atom is -0.357 e. The number of aryl methyl sites for hydroxylation is 1. The number of imidazole rings is 1. The van der Waals surface area contributed by atoms with Crippen molar-refractivity contribution in [2.75, 3.05) is 12.4 Å². The summed E-state index contributed by atoms with van der Waals surface area (Å²) >= 11 is 0. The van der Waals surface area contributed by atoms with Gasteiger partial charge in [0.1, 0.15) is 5.69 Å². The molecule has 2 rings (SSSR count). The van der Waals surface area contributed by atoms with E-state index in [1.165, 1.54) is 0 Å². The van der Waals surface area contributed by atoms with E-state index >= 15 is 0 Å². The van der Waals surface area contributed by atoms with Gasteiger partial charge in [-0.1, -0.05) is 6.92 Å². The van der Waals surface area contributed by atoms with Crippen molar-refractivity contribution in [1.82, 2.24) is 19.5 Å². The highest BCUT2D eigenvalue weighted by atomic mass is 15.1. The van der Waals surface area contributed by atoms with Crippen LogP contribution in [0, 0.1) is 0 Å². The van der Waals surface area contributed by atoms with Crippen LogP contribution < -0.4 is 5.32 Å². The van der Waals surface area contributed by atoms with E-state index in [2.05, 4.69) is 31.8 Å². The normalized spacial score (nSPS) is 10.4. The highest BCUT2D eigenvalue weighted by molar-refractivity contribution is 5.51. The predicted molar refractivity (Wildman–Crippen MR) is 63.1 cm³/mol. The Labute approximate surface area is 94.6 Å². The minimum atomic E-state index is 0.614. The second kappa shape index (κ2) is 4.74. The molecule has 0 fully saturated rings. The van der Waals surface area contributed by atoms with Gasteiger partial charge in [0.15, 0.2) is 5.82 Å². The van der Waals surface area contributed by atoms with Gasteiger partial charge in [-0.15, -0.1) is 0 Å². The maximum Gasteiger partial charge on any atom is 0.223 e. The van der Waals surface area contributed by atoms with E-state index in [9.17, 15) is 0 Å². The van der Waals surface area contributed by atoms with Crippen LogP contribution in [0.15, 0.2) is 24.7 Å². The Morgan fingerprint density at radius 3 is 2.94 bits per heavy atom. The molecule has 1 N–H and O–H groups in total. The van der Waals surface area contributed by atoms with Crippen LogP contribution in [0.2, 0.25) is 0 Å². The van der Waals surface area contributed by atoms with Gasteiger partial charge in [-0.2, -0.15) is 0 Å². The molecule has 2 aromatic heterocycles. The molecule has 0 amide bonds. The van der Waals surface area contributed by atoms with E-state index in [-0.39, 0.29) is 0 Å². The fourth-order valence-electron chi connectivity index (χ4n) is 1.57. The molecule has 84 valence electrons. The van der Waals surface area contributed by atoms with E-state index in [4.69, 9.17) is 0 Å². The van der Waals surface area contributed by atoms with Crippen molar-refractivity contribution < 1.29 is 0 Å². The number of nitrogens with one attached hydrogen (secondary N) is 1. The van der Waals surface area contributed by atoms with Crippen LogP contribution in [-0.4, -0.2) is 26.6 Å². The van der Waals surface area contributed by atoms with E-state index in [1.807, 2.05) is 12.3 Å². The summed E-state index contributed by atoms with van der Waals surface area (Å²) in [5.41, 5.74) is 0.845. The molecule has 0 spiro atoms. The molecule has 0 aliphatic heterocycles. The molecule has 0 radical (unpaired) electrons. The summed E-state index contributed by atoms with van der Waals surface area (Å²) < 4.78 is 2.10. The van der Waals surface area contributed by atoms with Gasteiger partial charge in [-0.25, -0.2) is 15.0 Å². The van der Waals surface area contributed by atoms with Crippen LogP contribution in [0.1, 0.15) is 13.3 Å². The molecule has 0 unspecified atom stereocenters. The SMILES string of the molecule is CCCn1ccnc1-c1ccnc(NC)n1. The van der Waals surface area contributed by atoms with Gasteiger partial charge in [-0.3, -0.25) is 0 Å². The van der Waals surface area contributed by atoms with E-state index in [0.717, 1.165) is 24.5 Å². The Balaban J connectivity index is 2.37. The number of rotatable bonds is 4. The largest absolute Gasteiger partial charge is 0.357 e. The summed E-state index contributed by atoms with van der Waals surface area (Å²) in [4.78, 5) is 12.8. The number of anilines is 1. The molecule has 0 aliphatic carbocycles. The number of aromatic nitrogens is 4. The lowest BCUT2D eigenvalue weighted by atomic mass is 10.3. The quantitative estimate of drug-likeness (QED) is 0.848. The lowest BCUT2D eigenvalue weighted by molar-refractivity contribution is 0.684. The number of nitrogens with zero attached hydrogens (tertiary/aromatic N) is 4. The maximum atomic E-state index is 4.37. The average Bonchev–Trinajstić information content (AvgIpc) is 2.78. The third-order valence-electron chi connectivity index (χ3n) is 2.29. The molecular formula is C11H15N5. The predicted octanol–water partition coefficient (Wildman–Crippen LogP) is 1.79. The first kappa shape index (κ1) is 10.6. The molecule has 2 aromatic rings. The van der Waals surface area contributed by atoms with Crippen LogP contribution >= 0.6 is 0 Å². The lowest BCUT2D eigenvalue weighted by Crippen LogP contribution is -2.02. The van der Waals surface area contributed by atoms with Crippen LogP contribution in [0.4, 0.5) is 5.95 Å². The summed E-state index contributed by atoms with van der Waals surface area (Å²) in [5, 5.41) is 2.92. The number of hydrogen-bond acceptors (Lipinski definition) is 4. The molecule has 2 heterocycles. The molecule has 0 atom stereocenters.